The third-order valence-electron chi connectivity index (χ3n) is 5.23. The van der Waals surface area contributed by atoms with Crippen LogP contribution in [0.25, 0.3) is 0 Å². The van der Waals surface area contributed by atoms with Gasteiger partial charge in [0.2, 0.25) is 0 Å². The van der Waals surface area contributed by atoms with Crippen molar-refractivity contribution in [3.05, 3.63) is 83.2 Å². The van der Waals surface area contributed by atoms with E-state index in [0.717, 1.165) is 10.5 Å². The molecule has 2 heterocycles. The fourth-order valence-corrected chi connectivity index (χ4v) is 4.92. The average molecular weight is 452 g/mol. The summed E-state index contributed by atoms with van der Waals surface area (Å²) in [6.07, 6.45) is 2.11. The summed E-state index contributed by atoms with van der Waals surface area (Å²) < 4.78 is 34.3. The number of sulfonamides is 1. The minimum absolute atomic E-state index is 0.0851. The number of aryl methyl sites for hydroxylation is 1. The number of benzene rings is 2. The van der Waals surface area contributed by atoms with Gasteiger partial charge in [-0.05, 0) is 47.9 Å². The molecule has 164 valence electrons. The molecule has 0 saturated carbocycles. The van der Waals surface area contributed by atoms with Crippen molar-refractivity contribution in [3.63, 3.8) is 0 Å². The maximum atomic E-state index is 13.2. The van der Waals surface area contributed by atoms with Gasteiger partial charge in [-0.2, -0.15) is 0 Å². The number of nitrogens with one attached hydrogen (secondary N) is 1. The van der Waals surface area contributed by atoms with Gasteiger partial charge < -0.3 is 4.74 Å². The van der Waals surface area contributed by atoms with Crippen molar-refractivity contribution in [1.29, 1.82) is 0 Å². The molecule has 0 atom stereocenters. The van der Waals surface area contributed by atoms with Crippen molar-refractivity contribution in [1.82, 2.24) is 9.88 Å². The lowest BCUT2D eigenvalue weighted by Gasteiger charge is -2.17. The number of amides is 2. The predicted molar refractivity (Wildman–Crippen MR) is 118 cm³/mol. The summed E-state index contributed by atoms with van der Waals surface area (Å²) in [5.41, 5.74) is 2.12. The van der Waals surface area contributed by atoms with Crippen molar-refractivity contribution in [2.24, 2.45) is 0 Å². The van der Waals surface area contributed by atoms with Gasteiger partial charge in [0, 0.05) is 6.20 Å². The molecule has 0 saturated heterocycles. The van der Waals surface area contributed by atoms with Crippen LogP contribution in [0.5, 0.6) is 5.75 Å². The van der Waals surface area contributed by atoms with Crippen molar-refractivity contribution >= 4 is 27.5 Å². The van der Waals surface area contributed by atoms with Crippen LogP contribution in [0.1, 0.15) is 38.9 Å². The van der Waals surface area contributed by atoms with Gasteiger partial charge in [0.05, 0.1) is 24.9 Å². The highest BCUT2D eigenvalue weighted by Crippen LogP contribution is 2.30. The molecule has 0 spiro atoms. The van der Waals surface area contributed by atoms with Crippen LogP contribution in [0, 0.1) is 0 Å². The Morgan fingerprint density at radius 1 is 1.03 bits per heavy atom. The van der Waals surface area contributed by atoms with Crippen molar-refractivity contribution < 1.29 is 22.7 Å². The smallest absolute Gasteiger partial charge is 0.280 e. The summed E-state index contributed by atoms with van der Waals surface area (Å²) in [5.74, 6) is -0.826. The Hall–Kier alpha value is -3.72. The Bertz CT molecular complexity index is 1290. The number of fused-ring (bicyclic) bond motifs is 1. The zero-order chi connectivity index (χ0) is 22.9. The molecule has 1 N–H and O–H groups in total. The molecule has 32 heavy (non-hydrogen) atoms. The van der Waals surface area contributed by atoms with E-state index < -0.39 is 21.8 Å². The second-order valence-corrected chi connectivity index (χ2v) is 8.85. The van der Waals surface area contributed by atoms with Crippen LogP contribution in [0.2, 0.25) is 0 Å². The molecule has 4 rings (SSSR count). The zero-order valence-corrected chi connectivity index (χ0v) is 18.3. The number of carbonyl (C=O) groups is 2. The van der Waals surface area contributed by atoms with Gasteiger partial charge in [0.1, 0.15) is 16.3 Å². The zero-order valence-electron chi connectivity index (χ0n) is 17.5. The van der Waals surface area contributed by atoms with Crippen molar-refractivity contribution in [2.75, 3.05) is 11.8 Å². The number of anilines is 1. The van der Waals surface area contributed by atoms with E-state index in [9.17, 15) is 18.0 Å². The fourth-order valence-electron chi connectivity index (χ4n) is 3.60. The van der Waals surface area contributed by atoms with E-state index in [2.05, 4.69) is 9.71 Å². The number of pyridine rings is 1. The largest absolute Gasteiger partial charge is 0.495 e. The first kappa shape index (κ1) is 21.5. The van der Waals surface area contributed by atoms with Gasteiger partial charge in [-0.15, -0.1) is 0 Å². The number of methoxy groups -OCH3 is 1. The van der Waals surface area contributed by atoms with Crippen LogP contribution in [0.3, 0.4) is 0 Å². The van der Waals surface area contributed by atoms with Crippen LogP contribution in [0.15, 0.2) is 65.7 Å². The number of ether oxygens (including phenoxy) is 1. The first-order chi connectivity index (χ1) is 15.4. The lowest BCUT2D eigenvalue weighted by atomic mass is 10.1. The molecule has 2 aromatic carbocycles. The summed E-state index contributed by atoms with van der Waals surface area (Å²) in [6.45, 7) is 1.84. The molecular weight excluding hydrogens is 430 g/mol. The first-order valence-electron chi connectivity index (χ1n) is 9.94. The van der Waals surface area contributed by atoms with E-state index in [1.807, 2.05) is 19.1 Å². The molecule has 1 aliphatic rings. The summed E-state index contributed by atoms with van der Waals surface area (Å²) >= 11 is 0. The number of imide groups is 1. The molecule has 0 bridgehead atoms. The molecule has 0 radical (unpaired) electrons. The maximum absolute atomic E-state index is 13.2. The molecule has 8 nitrogen and oxygen atoms in total. The van der Waals surface area contributed by atoms with Gasteiger partial charge >= 0.3 is 0 Å². The second kappa shape index (κ2) is 8.43. The third-order valence-corrected chi connectivity index (χ3v) is 6.62. The Morgan fingerprint density at radius 3 is 2.53 bits per heavy atom. The topological polar surface area (TPSA) is 106 Å². The fraction of sp³-hybridized carbons (Fsp3) is 0.174. The molecule has 1 aliphatic heterocycles. The molecule has 2 amide bonds. The molecule has 3 aromatic rings. The predicted octanol–water partition coefficient (Wildman–Crippen LogP) is 3.25. The first-order valence-corrected chi connectivity index (χ1v) is 11.4. The highest BCUT2D eigenvalue weighted by molar-refractivity contribution is 7.92. The Kier molecular flexibility index (Phi) is 5.67. The molecular formula is C23H21N3O5S. The average Bonchev–Trinajstić information content (AvgIpc) is 3.04. The standard InChI is InChI=1S/C23H21N3O5S/c1-3-16-7-4-5-9-18(16)25-32(29,30)20-13-15(10-11-19(20)31-2)14-26-22(27)17-8-6-12-24-21(17)23(26)28/h4-13,25H,3,14H2,1-2H3. The van der Waals surface area contributed by atoms with Gasteiger partial charge in [0.25, 0.3) is 21.8 Å². The number of hydrogen-bond acceptors (Lipinski definition) is 6. The summed E-state index contributed by atoms with van der Waals surface area (Å²) in [5, 5.41) is 0. The van der Waals surface area contributed by atoms with E-state index in [4.69, 9.17) is 4.74 Å². The normalized spacial score (nSPS) is 13.2. The molecule has 0 aliphatic carbocycles. The maximum Gasteiger partial charge on any atom is 0.280 e. The highest BCUT2D eigenvalue weighted by Gasteiger charge is 2.36. The van der Waals surface area contributed by atoms with Crippen LogP contribution >= 0.6 is 0 Å². The van der Waals surface area contributed by atoms with Gasteiger partial charge in [-0.3, -0.25) is 24.2 Å². The number of carbonyl (C=O) groups excluding carboxylic acids is 2. The summed E-state index contributed by atoms with van der Waals surface area (Å²) in [4.78, 5) is 30.2. The van der Waals surface area contributed by atoms with Crippen LogP contribution in [-0.4, -0.2) is 37.2 Å². The number of hydrogen-bond donors (Lipinski definition) is 1. The van der Waals surface area contributed by atoms with E-state index in [1.165, 1.54) is 25.4 Å². The van der Waals surface area contributed by atoms with Crippen LogP contribution in [-0.2, 0) is 23.0 Å². The van der Waals surface area contributed by atoms with Crippen molar-refractivity contribution in [2.45, 2.75) is 24.8 Å². The molecule has 1 aromatic heterocycles. The van der Waals surface area contributed by atoms with Gasteiger partial charge in [0.15, 0.2) is 0 Å². The molecule has 0 fully saturated rings. The quantitative estimate of drug-likeness (QED) is 0.553. The lowest BCUT2D eigenvalue weighted by Crippen LogP contribution is -2.29. The van der Waals surface area contributed by atoms with Gasteiger partial charge in [-0.1, -0.05) is 31.2 Å². The second-order valence-electron chi connectivity index (χ2n) is 7.20. The Morgan fingerprint density at radius 2 is 1.81 bits per heavy atom. The molecule has 9 heteroatoms. The number of nitrogens with zero attached hydrogens (tertiary/aromatic N) is 2. The minimum Gasteiger partial charge on any atom is -0.495 e. The Balaban J connectivity index is 1.66. The number of rotatable bonds is 7. The summed E-state index contributed by atoms with van der Waals surface area (Å²) in [7, 11) is -2.62. The number of aromatic nitrogens is 1. The summed E-state index contributed by atoms with van der Waals surface area (Å²) in [6, 6.07) is 14.8. The van der Waals surface area contributed by atoms with Crippen molar-refractivity contribution in [3.8, 4) is 5.75 Å². The highest BCUT2D eigenvalue weighted by atomic mass is 32.2. The third kappa shape index (κ3) is 3.82. The van der Waals surface area contributed by atoms with Gasteiger partial charge in [-0.25, -0.2) is 8.42 Å². The van der Waals surface area contributed by atoms with E-state index in [1.54, 1.807) is 30.3 Å². The lowest BCUT2D eigenvalue weighted by molar-refractivity contribution is 0.0640. The SMILES string of the molecule is CCc1ccccc1NS(=O)(=O)c1cc(CN2C(=O)c3cccnc3C2=O)ccc1OC. The molecule has 0 unspecified atom stereocenters. The van der Waals surface area contributed by atoms with Crippen LogP contribution in [0.4, 0.5) is 5.69 Å². The minimum atomic E-state index is -4.00. The van der Waals surface area contributed by atoms with E-state index >= 15 is 0 Å². The number of para-hydroxylation sites is 1. The monoisotopic (exact) mass is 451 g/mol. The van der Waals surface area contributed by atoms with E-state index in [-0.39, 0.29) is 28.4 Å². The van der Waals surface area contributed by atoms with Crippen LogP contribution < -0.4 is 9.46 Å². The Labute approximate surface area is 185 Å². The van der Waals surface area contributed by atoms with E-state index in [0.29, 0.717) is 17.7 Å².